The third kappa shape index (κ3) is 5.17. The molecule has 0 aromatic carbocycles. The predicted molar refractivity (Wildman–Crippen MR) is 42.9 cm³/mol. The minimum atomic E-state index is -0.500. The van der Waals surface area contributed by atoms with Crippen molar-refractivity contribution in [3.8, 4) is 0 Å². The lowest BCUT2D eigenvalue weighted by atomic mass is 10.5. The number of hydrogen-bond acceptors (Lipinski definition) is 2. The van der Waals surface area contributed by atoms with Gasteiger partial charge in [-0.1, -0.05) is 12.6 Å². The first-order valence-electron chi connectivity index (χ1n) is 3.45. The highest BCUT2D eigenvalue weighted by molar-refractivity contribution is 5.29. The predicted octanol–water partition coefficient (Wildman–Crippen LogP) is -0.474. The summed E-state index contributed by atoms with van der Waals surface area (Å²) in [6, 6.07) is 6.01. The molecule has 0 aliphatic heterocycles. The van der Waals surface area contributed by atoms with E-state index in [1.807, 2.05) is 36.7 Å². The van der Waals surface area contributed by atoms with Gasteiger partial charge in [0.25, 0.3) is 0 Å². The first-order valence-corrected chi connectivity index (χ1v) is 3.45. The van der Waals surface area contributed by atoms with Crippen LogP contribution in [0.5, 0.6) is 0 Å². The number of carbonyl (C=O) groups is 1. The molecule has 0 saturated carbocycles. The van der Waals surface area contributed by atoms with E-state index in [4.69, 9.17) is 9.90 Å². The number of rotatable bonds is 2. The maximum Gasteiger partial charge on any atom is 0.169 e. The van der Waals surface area contributed by atoms with Crippen molar-refractivity contribution >= 4 is 6.47 Å². The molecule has 1 heterocycles. The molecule has 1 aromatic rings. The quantitative estimate of drug-likeness (QED) is 0.338. The Labute approximate surface area is 71.6 Å². The highest BCUT2D eigenvalue weighted by Gasteiger charge is 1.88. The van der Waals surface area contributed by atoms with Crippen LogP contribution in [0.2, 0.25) is 0 Å². The number of carbonyl (C=O) groups excluding carboxylic acids is 1. The van der Waals surface area contributed by atoms with E-state index in [1.165, 1.54) is 0 Å². The summed E-state index contributed by atoms with van der Waals surface area (Å²) in [5.41, 5.74) is 0. The summed E-state index contributed by atoms with van der Waals surface area (Å²) in [6.07, 6.45) is 5.91. The molecule has 0 bridgehead atoms. The summed E-state index contributed by atoms with van der Waals surface area (Å²) in [5.74, 6) is 0. The summed E-state index contributed by atoms with van der Waals surface area (Å²) in [6.45, 7) is 4.02. The van der Waals surface area contributed by atoms with Crippen molar-refractivity contribution in [2.45, 2.75) is 6.54 Å². The number of carboxylic acid groups (broad SMARTS) is 1. The molecule has 1 rings (SSSR count). The first kappa shape index (κ1) is 10.4. The van der Waals surface area contributed by atoms with Gasteiger partial charge in [-0.15, -0.1) is 0 Å². The van der Waals surface area contributed by atoms with Crippen LogP contribution >= 0.6 is 0 Å². The lowest BCUT2D eigenvalue weighted by molar-refractivity contribution is -0.687. The van der Waals surface area contributed by atoms with Gasteiger partial charge in [0.2, 0.25) is 0 Å². The van der Waals surface area contributed by atoms with Gasteiger partial charge in [0.15, 0.2) is 18.9 Å². The molecule has 0 fully saturated rings. The molecule has 0 unspecified atom stereocenters. The maximum absolute atomic E-state index is 8.25. The summed E-state index contributed by atoms with van der Waals surface area (Å²) in [7, 11) is 0. The van der Waals surface area contributed by atoms with Gasteiger partial charge in [-0.05, 0) is 6.08 Å². The zero-order chi connectivity index (χ0) is 9.23. The van der Waals surface area contributed by atoms with Crippen molar-refractivity contribution in [2.24, 2.45) is 0 Å². The molecule has 0 N–H and O–H groups in total. The van der Waals surface area contributed by atoms with Crippen molar-refractivity contribution in [1.82, 2.24) is 0 Å². The molecule has 0 aliphatic rings. The minimum absolute atomic E-state index is 0.500. The maximum atomic E-state index is 8.25. The van der Waals surface area contributed by atoms with E-state index in [1.54, 1.807) is 0 Å². The Morgan fingerprint density at radius 3 is 2.25 bits per heavy atom. The van der Waals surface area contributed by atoms with E-state index in [9.17, 15) is 0 Å². The molecule has 1 aromatic heterocycles. The van der Waals surface area contributed by atoms with Crippen molar-refractivity contribution in [3.63, 3.8) is 0 Å². The van der Waals surface area contributed by atoms with E-state index < -0.39 is 6.47 Å². The van der Waals surface area contributed by atoms with Gasteiger partial charge in [-0.25, -0.2) is 4.57 Å². The fourth-order valence-electron chi connectivity index (χ4n) is 0.705. The van der Waals surface area contributed by atoms with Gasteiger partial charge in [0.1, 0.15) is 0 Å². The lowest BCUT2D eigenvalue weighted by Crippen LogP contribution is -2.30. The Kier molecular flexibility index (Phi) is 6.45. The van der Waals surface area contributed by atoms with Crippen molar-refractivity contribution < 1.29 is 14.5 Å². The van der Waals surface area contributed by atoms with Gasteiger partial charge >= 0.3 is 0 Å². The Bertz CT molecular complexity index is 221. The van der Waals surface area contributed by atoms with Crippen LogP contribution in [0.4, 0.5) is 0 Å². The second-order valence-corrected chi connectivity index (χ2v) is 1.96. The van der Waals surface area contributed by atoms with E-state index >= 15 is 0 Å². The van der Waals surface area contributed by atoms with Crippen LogP contribution in [0.15, 0.2) is 43.2 Å². The Balaban J connectivity index is 0.000000354. The number of aromatic nitrogens is 1. The van der Waals surface area contributed by atoms with E-state index in [2.05, 4.69) is 11.1 Å². The fourth-order valence-corrected chi connectivity index (χ4v) is 0.705. The molecule has 0 radical (unpaired) electrons. The topological polar surface area (TPSA) is 44.0 Å². The van der Waals surface area contributed by atoms with Gasteiger partial charge in [-0.2, -0.15) is 0 Å². The molecule has 0 spiro atoms. The molecular weight excluding hydrogens is 154 g/mol. The van der Waals surface area contributed by atoms with Crippen LogP contribution in [0.3, 0.4) is 0 Å². The van der Waals surface area contributed by atoms with Gasteiger partial charge in [0, 0.05) is 18.6 Å². The highest BCUT2D eigenvalue weighted by atomic mass is 16.3. The first-order chi connectivity index (χ1) is 5.85. The highest BCUT2D eigenvalue weighted by Crippen LogP contribution is 1.75. The molecule has 12 heavy (non-hydrogen) atoms. The average Bonchev–Trinajstić information content (AvgIpc) is 2.08. The van der Waals surface area contributed by atoms with Gasteiger partial charge < -0.3 is 9.90 Å². The fraction of sp³-hybridized carbons (Fsp3) is 0.111. The van der Waals surface area contributed by atoms with Crippen molar-refractivity contribution in [3.05, 3.63) is 43.2 Å². The molecule has 3 nitrogen and oxygen atoms in total. The SMILES string of the molecule is C=CC[n+]1ccccc1.O=C[O-]. The third-order valence-electron chi connectivity index (χ3n) is 1.12. The molecule has 64 valence electrons. The summed E-state index contributed by atoms with van der Waals surface area (Å²) in [5, 5.41) is 8.25. The van der Waals surface area contributed by atoms with Crippen molar-refractivity contribution in [2.75, 3.05) is 0 Å². The van der Waals surface area contributed by atoms with Crippen LogP contribution < -0.4 is 9.67 Å². The molecule has 0 atom stereocenters. The zero-order valence-electron chi connectivity index (χ0n) is 6.72. The third-order valence-corrected chi connectivity index (χ3v) is 1.12. The average molecular weight is 165 g/mol. The second-order valence-electron chi connectivity index (χ2n) is 1.96. The van der Waals surface area contributed by atoms with Crippen LogP contribution in [-0.2, 0) is 11.3 Å². The number of pyridine rings is 1. The minimum Gasteiger partial charge on any atom is -0.554 e. The zero-order valence-corrected chi connectivity index (χ0v) is 6.72. The molecule has 3 heteroatoms. The smallest absolute Gasteiger partial charge is 0.169 e. The summed E-state index contributed by atoms with van der Waals surface area (Å²) in [4.78, 5) is 8.25. The summed E-state index contributed by atoms with van der Waals surface area (Å²) >= 11 is 0. The Morgan fingerprint density at radius 1 is 1.33 bits per heavy atom. The van der Waals surface area contributed by atoms with Crippen LogP contribution in [0.1, 0.15) is 0 Å². The molecule has 0 amide bonds. The molecule has 0 saturated heterocycles. The Morgan fingerprint density at radius 2 is 1.83 bits per heavy atom. The number of hydrogen-bond donors (Lipinski definition) is 0. The van der Waals surface area contributed by atoms with Crippen LogP contribution in [-0.4, -0.2) is 6.47 Å². The van der Waals surface area contributed by atoms with Gasteiger partial charge in [-0.3, -0.25) is 0 Å². The molecule has 0 aliphatic carbocycles. The number of allylic oxidation sites excluding steroid dienone is 1. The molecular formula is C9H11NO2. The second kappa shape index (κ2) is 7.47. The van der Waals surface area contributed by atoms with E-state index in [-0.39, 0.29) is 0 Å². The van der Waals surface area contributed by atoms with Gasteiger partial charge in [0.05, 0.1) is 0 Å². The number of nitrogens with zero attached hydrogens (tertiary/aromatic N) is 1. The van der Waals surface area contributed by atoms with E-state index in [0.717, 1.165) is 6.54 Å². The standard InChI is InChI=1S/C8H10N.CH2O2/c1-2-6-9-7-4-3-5-8-9;2-1-3/h2-5,7-8H,1,6H2;1H,(H,2,3)/q+1;/p-1. The normalized spacial score (nSPS) is 7.67. The lowest BCUT2D eigenvalue weighted by Gasteiger charge is -1.86. The van der Waals surface area contributed by atoms with E-state index in [0.29, 0.717) is 0 Å². The monoisotopic (exact) mass is 165 g/mol. The van der Waals surface area contributed by atoms with Crippen molar-refractivity contribution in [1.29, 1.82) is 0 Å². The summed E-state index contributed by atoms with van der Waals surface area (Å²) < 4.78 is 2.06. The Hall–Kier alpha value is -1.64. The van der Waals surface area contributed by atoms with Crippen LogP contribution in [0.25, 0.3) is 0 Å². The van der Waals surface area contributed by atoms with Crippen LogP contribution in [0, 0.1) is 0 Å². The largest absolute Gasteiger partial charge is 0.554 e.